The number of rotatable bonds is 7. The number of anilines is 1. The Kier molecular flexibility index (Phi) is 3.96. The van der Waals surface area contributed by atoms with Gasteiger partial charge in [-0.1, -0.05) is 0 Å². The first-order valence-corrected chi connectivity index (χ1v) is 7.25. The van der Waals surface area contributed by atoms with Crippen LogP contribution in [-0.4, -0.2) is 29.0 Å². The van der Waals surface area contributed by atoms with Crippen LogP contribution in [0.15, 0.2) is 30.5 Å². The number of fused-ring (bicyclic) bond motifs is 1. The molecular formula is C15H18N4O2. The molecular weight excluding hydrogens is 268 g/mol. The largest absolute Gasteiger partial charge is 0.379 e. The molecule has 0 aliphatic heterocycles. The van der Waals surface area contributed by atoms with Gasteiger partial charge in [0.15, 0.2) is 0 Å². The predicted molar refractivity (Wildman–Crippen MR) is 82.5 cm³/mol. The topological polar surface area (TPSA) is 80.1 Å². The van der Waals surface area contributed by atoms with E-state index < -0.39 is 0 Å². The third kappa shape index (κ3) is 3.28. The Hall–Kier alpha value is -2.21. The quantitative estimate of drug-likeness (QED) is 0.465. The summed E-state index contributed by atoms with van der Waals surface area (Å²) in [7, 11) is 0. The molecule has 6 nitrogen and oxygen atoms in total. The highest BCUT2D eigenvalue weighted by molar-refractivity contribution is 5.94. The van der Waals surface area contributed by atoms with Crippen LogP contribution in [0.25, 0.3) is 10.9 Å². The monoisotopic (exact) mass is 286 g/mol. The Morgan fingerprint density at radius 1 is 1.29 bits per heavy atom. The average molecular weight is 286 g/mol. The van der Waals surface area contributed by atoms with E-state index in [0.29, 0.717) is 29.2 Å². The third-order valence-corrected chi connectivity index (χ3v) is 3.62. The zero-order chi connectivity index (χ0) is 14.7. The second-order valence-electron chi connectivity index (χ2n) is 5.30. The summed E-state index contributed by atoms with van der Waals surface area (Å²) in [6.07, 6.45) is 5.13. The summed E-state index contributed by atoms with van der Waals surface area (Å²) < 4.78 is 0. The van der Waals surface area contributed by atoms with E-state index in [1.54, 1.807) is 24.4 Å². The molecule has 0 spiro atoms. The Balaban J connectivity index is 1.71. The smallest absolute Gasteiger partial charge is 0.301 e. The van der Waals surface area contributed by atoms with Crippen molar-refractivity contribution >= 4 is 22.3 Å². The molecule has 2 aromatic rings. The zero-order valence-electron chi connectivity index (χ0n) is 11.7. The molecule has 0 saturated heterocycles. The van der Waals surface area contributed by atoms with Gasteiger partial charge in [0.2, 0.25) is 0 Å². The van der Waals surface area contributed by atoms with Crippen molar-refractivity contribution in [2.24, 2.45) is 0 Å². The van der Waals surface area contributed by atoms with Crippen LogP contribution in [0, 0.1) is 10.1 Å². The number of hydrogen-bond donors (Lipinski definition) is 2. The molecule has 0 radical (unpaired) electrons. The first kappa shape index (κ1) is 13.8. The number of nitrogens with one attached hydrogen (secondary N) is 2. The van der Waals surface area contributed by atoms with Crippen molar-refractivity contribution in [2.45, 2.75) is 25.3 Å². The standard InChI is InChI=1S/C15H18N4O2/c20-19(21)15-12-3-1-8-17-13(12)6-7-14(15)18-10-2-9-16-11-4-5-11/h1,3,6-8,11,16,18H,2,4-5,9-10H2. The molecule has 1 aliphatic carbocycles. The fourth-order valence-electron chi connectivity index (χ4n) is 2.38. The first-order valence-electron chi connectivity index (χ1n) is 7.25. The van der Waals surface area contributed by atoms with Crippen molar-refractivity contribution in [3.63, 3.8) is 0 Å². The van der Waals surface area contributed by atoms with Crippen molar-refractivity contribution in [3.05, 3.63) is 40.6 Å². The molecule has 3 rings (SSSR count). The van der Waals surface area contributed by atoms with Gasteiger partial charge in [0.25, 0.3) is 0 Å². The number of benzene rings is 1. The van der Waals surface area contributed by atoms with Crippen LogP contribution in [0.4, 0.5) is 11.4 Å². The number of pyridine rings is 1. The van der Waals surface area contributed by atoms with Gasteiger partial charge in [0, 0.05) is 18.8 Å². The molecule has 1 saturated carbocycles. The molecule has 2 N–H and O–H groups in total. The van der Waals surface area contributed by atoms with Crippen LogP contribution < -0.4 is 10.6 Å². The second-order valence-corrected chi connectivity index (χ2v) is 5.30. The highest BCUT2D eigenvalue weighted by Crippen LogP contribution is 2.32. The highest BCUT2D eigenvalue weighted by Gasteiger charge is 2.20. The molecule has 0 unspecified atom stereocenters. The molecule has 0 amide bonds. The number of hydrogen-bond acceptors (Lipinski definition) is 5. The van der Waals surface area contributed by atoms with Gasteiger partial charge in [-0.05, 0) is 50.1 Å². The maximum atomic E-state index is 11.3. The molecule has 1 heterocycles. The minimum absolute atomic E-state index is 0.107. The van der Waals surface area contributed by atoms with Crippen LogP contribution in [0.1, 0.15) is 19.3 Å². The van der Waals surface area contributed by atoms with Crippen molar-refractivity contribution in [1.29, 1.82) is 0 Å². The van der Waals surface area contributed by atoms with Crippen molar-refractivity contribution in [2.75, 3.05) is 18.4 Å². The van der Waals surface area contributed by atoms with Crippen molar-refractivity contribution < 1.29 is 4.92 Å². The predicted octanol–water partition coefficient (Wildman–Crippen LogP) is 2.70. The molecule has 1 aliphatic rings. The van der Waals surface area contributed by atoms with Gasteiger partial charge in [0.1, 0.15) is 5.69 Å². The molecule has 21 heavy (non-hydrogen) atoms. The SMILES string of the molecule is O=[N+]([O-])c1c(NCCCNC2CC2)ccc2ncccc12. The van der Waals surface area contributed by atoms with Crippen LogP contribution >= 0.6 is 0 Å². The fraction of sp³-hybridized carbons (Fsp3) is 0.400. The van der Waals surface area contributed by atoms with E-state index in [-0.39, 0.29) is 10.6 Å². The van der Waals surface area contributed by atoms with E-state index in [1.807, 2.05) is 6.07 Å². The van der Waals surface area contributed by atoms with Crippen LogP contribution in [0.2, 0.25) is 0 Å². The van der Waals surface area contributed by atoms with Crippen molar-refractivity contribution in [3.8, 4) is 0 Å². The zero-order valence-corrected chi connectivity index (χ0v) is 11.7. The molecule has 110 valence electrons. The average Bonchev–Trinajstić information content (AvgIpc) is 3.30. The number of nitro groups is 1. The van der Waals surface area contributed by atoms with Gasteiger partial charge >= 0.3 is 5.69 Å². The minimum Gasteiger partial charge on any atom is -0.379 e. The third-order valence-electron chi connectivity index (χ3n) is 3.62. The van der Waals surface area contributed by atoms with Gasteiger partial charge in [-0.3, -0.25) is 15.1 Å². The van der Waals surface area contributed by atoms with E-state index in [2.05, 4.69) is 15.6 Å². The lowest BCUT2D eigenvalue weighted by atomic mass is 10.1. The lowest BCUT2D eigenvalue weighted by molar-refractivity contribution is -0.382. The van der Waals surface area contributed by atoms with Crippen molar-refractivity contribution in [1.82, 2.24) is 10.3 Å². The van der Waals surface area contributed by atoms with E-state index >= 15 is 0 Å². The van der Waals surface area contributed by atoms with Crippen LogP contribution in [0.3, 0.4) is 0 Å². The summed E-state index contributed by atoms with van der Waals surface area (Å²) in [6.45, 7) is 1.66. The summed E-state index contributed by atoms with van der Waals surface area (Å²) in [5.41, 5.74) is 1.31. The Morgan fingerprint density at radius 3 is 2.90 bits per heavy atom. The van der Waals surface area contributed by atoms with E-state index in [0.717, 1.165) is 13.0 Å². The number of nitrogens with zero attached hydrogens (tertiary/aromatic N) is 2. The first-order chi connectivity index (χ1) is 10.3. The summed E-state index contributed by atoms with van der Waals surface area (Å²) in [4.78, 5) is 15.2. The molecule has 1 fully saturated rings. The second kappa shape index (κ2) is 6.05. The van der Waals surface area contributed by atoms with Crippen LogP contribution in [0.5, 0.6) is 0 Å². The van der Waals surface area contributed by atoms with Gasteiger partial charge in [-0.2, -0.15) is 0 Å². The summed E-state index contributed by atoms with van der Waals surface area (Å²) >= 11 is 0. The van der Waals surface area contributed by atoms with Gasteiger partial charge in [-0.15, -0.1) is 0 Å². The summed E-state index contributed by atoms with van der Waals surface area (Å²) in [5.74, 6) is 0. The maximum Gasteiger partial charge on any atom is 0.301 e. The Morgan fingerprint density at radius 2 is 2.14 bits per heavy atom. The fourth-order valence-corrected chi connectivity index (χ4v) is 2.38. The lowest BCUT2D eigenvalue weighted by Gasteiger charge is -2.09. The van der Waals surface area contributed by atoms with E-state index in [4.69, 9.17) is 0 Å². The van der Waals surface area contributed by atoms with Gasteiger partial charge < -0.3 is 10.6 Å². The minimum atomic E-state index is -0.338. The van der Waals surface area contributed by atoms with Crippen LogP contribution in [-0.2, 0) is 0 Å². The van der Waals surface area contributed by atoms with E-state index in [9.17, 15) is 10.1 Å². The Bertz CT molecular complexity index is 655. The Labute approximate surface area is 122 Å². The molecule has 1 aromatic carbocycles. The maximum absolute atomic E-state index is 11.3. The number of aromatic nitrogens is 1. The van der Waals surface area contributed by atoms with Gasteiger partial charge in [0.05, 0.1) is 15.8 Å². The summed E-state index contributed by atoms with van der Waals surface area (Å²) in [6, 6.07) is 7.71. The molecule has 0 atom stereocenters. The van der Waals surface area contributed by atoms with E-state index in [1.165, 1.54) is 12.8 Å². The molecule has 6 heteroatoms. The normalized spacial score (nSPS) is 14.3. The lowest BCUT2D eigenvalue weighted by Crippen LogP contribution is -2.20. The molecule has 1 aromatic heterocycles. The summed E-state index contributed by atoms with van der Waals surface area (Å²) in [5, 5.41) is 18.5. The highest BCUT2D eigenvalue weighted by atomic mass is 16.6. The van der Waals surface area contributed by atoms with Gasteiger partial charge in [-0.25, -0.2) is 0 Å². The number of nitro benzene ring substituents is 1. The molecule has 0 bridgehead atoms.